The minimum atomic E-state index is -0.446. The van der Waals surface area contributed by atoms with E-state index in [2.05, 4.69) is 56.2 Å². The molecular formula is C34H38N2O3. The zero-order chi connectivity index (χ0) is 27.3. The Hall–Kier alpha value is -3.60. The molecule has 6 rings (SSSR count). The van der Waals surface area contributed by atoms with E-state index in [1.54, 1.807) is 0 Å². The fourth-order valence-electron chi connectivity index (χ4n) is 7.40. The summed E-state index contributed by atoms with van der Waals surface area (Å²) in [7, 11) is 0. The van der Waals surface area contributed by atoms with Crippen LogP contribution in [0.2, 0.25) is 0 Å². The van der Waals surface area contributed by atoms with Crippen LogP contribution in [0, 0.1) is 20.8 Å². The molecule has 2 unspecified atom stereocenters. The Morgan fingerprint density at radius 1 is 1.03 bits per heavy atom. The molecule has 39 heavy (non-hydrogen) atoms. The molecule has 0 amide bonds. The number of fused-ring (bicyclic) bond motifs is 1. The number of dihydropyridines is 1. The van der Waals surface area contributed by atoms with Gasteiger partial charge in [-0.25, -0.2) is 4.79 Å². The normalized spacial score (nSPS) is 21.9. The number of ether oxygens (including phenoxy) is 1. The second-order valence-corrected chi connectivity index (χ2v) is 11.6. The molecule has 5 nitrogen and oxygen atoms in total. The van der Waals surface area contributed by atoms with Gasteiger partial charge in [0.25, 0.3) is 0 Å². The summed E-state index contributed by atoms with van der Waals surface area (Å²) in [4.78, 5) is 31.4. The van der Waals surface area contributed by atoms with Crippen LogP contribution in [0.3, 0.4) is 0 Å². The van der Waals surface area contributed by atoms with Crippen LogP contribution in [-0.4, -0.2) is 22.8 Å². The number of nitrogens with one attached hydrogen (secondary N) is 2. The number of aryl methyl sites for hydroxylation is 3. The first kappa shape index (κ1) is 25.7. The highest BCUT2D eigenvalue weighted by Crippen LogP contribution is 2.48. The number of Topliss-reactive ketones (excluding diaryl/α,β-unsaturated/α-hetero) is 1. The lowest BCUT2D eigenvalue weighted by Crippen LogP contribution is -2.37. The maximum atomic E-state index is 14.2. The molecular weight excluding hydrogens is 484 g/mol. The number of ketones is 1. The summed E-state index contributed by atoms with van der Waals surface area (Å²) in [6.07, 6.45) is 7.74. The van der Waals surface area contributed by atoms with Gasteiger partial charge in [0.05, 0.1) is 5.57 Å². The Morgan fingerprint density at radius 3 is 2.49 bits per heavy atom. The van der Waals surface area contributed by atoms with Crippen LogP contribution in [0.5, 0.6) is 0 Å². The largest absolute Gasteiger partial charge is 0.459 e. The third-order valence-electron chi connectivity index (χ3n) is 8.95. The van der Waals surface area contributed by atoms with Crippen molar-refractivity contribution in [1.82, 2.24) is 10.3 Å². The summed E-state index contributed by atoms with van der Waals surface area (Å²) in [5.41, 5.74) is 10.2. The molecule has 0 saturated heterocycles. The molecule has 0 bridgehead atoms. The van der Waals surface area contributed by atoms with Gasteiger partial charge in [-0.3, -0.25) is 4.79 Å². The first-order valence-corrected chi connectivity index (χ1v) is 14.5. The number of esters is 1. The summed E-state index contributed by atoms with van der Waals surface area (Å²) >= 11 is 0. The molecule has 2 aromatic carbocycles. The SMILES string of the molecule is CCC1=C(C(=O)OC2CCCC2)C(c2cccc3[nH]ccc23)C2=C(CC(c3c(C)cc(C)cc3C)CC2=O)N1. The van der Waals surface area contributed by atoms with Crippen molar-refractivity contribution in [2.45, 2.75) is 90.6 Å². The quantitative estimate of drug-likeness (QED) is 0.344. The monoisotopic (exact) mass is 522 g/mol. The Labute approximate surface area is 230 Å². The second-order valence-electron chi connectivity index (χ2n) is 11.6. The van der Waals surface area contributed by atoms with Gasteiger partial charge in [-0.2, -0.15) is 0 Å². The van der Waals surface area contributed by atoms with Crippen molar-refractivity contribution in [3.05, 3.63) is 93.0 Å². The van der Waals surface area contributed by atoms with E-state index >= 15 is 0 Å². The van der Waals surface area contributed by atoms with E-state index < -0.39 is 5.92 Å². The van der Waals surface area contributed by atoms with Crippen molar-refractivity contribution in [1.29, 1.82) is 0 Å². The zero-order valence-corrected chi connectivity index (χ0v) is 23.4. The lowest BCUT2D eigenvalue weighted by Gasteiger charge is -2.38. The highest BCUT2D eigenvalue weighted by atomic mass is 16.5. The number of rotatable bonds is 5. The van der Waals surface area contributed by atoms with Crippen molar-refractivity contribution in [3.8, 4) is 0 Å². The molecule has 3 aromatic rings. The van der Waals surface area contributed by atoms with Crippen LogP contribution in [0.1, 0.15) is 91.5 Å². The van der Waals surface area contributed by atoms with E-state index in [9.17, 15) is 9.59 Å². The summed E-state index contributed by atoms with van der Waals surface area (Å²) in [5, 5.41) is 4.65. The van der Waals surface area contributed by atoms with Crippen molar-refractivity contribution in [2.24, 2.45) is 0 Å². The highest BCUT2D eigenvalue weighted by molar-refractivity contribution is 6.05. The van der Waals surface area contributed by atoms with Crippen molar-refractivity contribution < 1.29 is 14.3 Å². The minimum Gasteiger partial charge on any atom is -0.459 e. The summed E-state index contributed by atoms with van der Waals surface area (Å²) < 4.78 is 6.10. The average Bonchev–Trinajstić information content (AvgIpc) is 3.59. The summed E-state index contributed by atoms with van der Waals surface area (Å²) in [6.45, 7) is 8.50. The van der Waals surface area contributed by atoms with E-state index in [0.29, 0.717) is 18.4 Å². The Balaban J connectivity index is 1.48. The van der Waals surface area contributed by atoms with E-state index in [-0.39, 0.29) is 23.8 Å². The van der Waals surface area contributed by atoms with Gasteiger partial charge in [0.15, 0.2) is 5.78 Å². The molecule has 3 aliphatic rings. The topological polar surface area (TPSA) is 71.2 Å². The zero-order valence-electron chi connectivity index (χ0n) is 23.4. The van der Waals surface area contributed by atoms with Gasteiger partial charge in [-0.15, -0.1) is 0 Å². The third kappa shape index (κ3) is 4.52. The minimum absolute atomic E-state index is 0.0406. The molecule has 1 aliphatic heterocycles. The number of aromatic nitrogens is 1. The highest BCUT2D eigenvalue weighted by Gasteiger charge is 2.43. The number of aromatic amines is 1. The van der Waals surface area contributed by atoms with Gasteiger partial charge in [0.2, 0.25) is 0 Å². The predicted octanol–water partition coefficient (Wildman–Crippen LogP) is 7.33. The van der Waals surface area contributed by atoms with Crippen LogP contribution in [-0.2, 0) is 14.3 Å². The molecule has 202 valence electrons. The summed E-state index contributed by atoms with van der Waals surface area (Å²) in [5.74, 6) is -0.501. The van der Waals surface area contributed by atoms with Crippen LogP contribution >= 0.6 is 0 Å². The van der Waals surface area contributed by atoms with Crippen LogP contribution in [0.15, 0.2) is 65.1 Å². The number of H-pyrrole nitrogens is 1. The van der Waals surface area contributed by atoms with Gasteiger partial charge in [-0.1, -0.05) is 36.8 Å². The maximum absolute atomic E-state index is 14.2. The fourth-order valence-corrected chi connectivity index (χ4v) is 7.40. The fraction of sp³-hybridized carbons (Fsp3) is 0.412. The van der Waals surface area contributed by atoms with E-state index in [1.165, 1.54) is 22.3 Å². The van der Waals surface area contributed by atoms with Gasteiger partial charge < -0.3 is 15.0 Å². The Kier molecular flexibility index (Phi) is 6.70. The smallest absolute Gasteiger partial charge is 0.337 e. The van der Waals surface area contributed by atoms with Crippen LogP contribution in [0.4, 0.5) is 0 Å². The van der Waals surface area contributed by atoms with Crippen molar-refractivity contribution in [2.75, 3.05) is 0 Å². The van der Waals surface area contributed by atoms with Gasteiger partial charge in [0.1, 0.15) is 6.10 Å². The standard InChI is InChI=1S/C34H38N2O3/c1-5-26-33(34(38)39-23-9-6-7-10-23)31(25-11-8-12-27-24(25)13-14-35-27)32-28(36-26)17-22(18-29(32)37)30-20(3)15-19(2)16-21(30)4/h8,11-16,22-23,31,35-36H,5-7,9-10,17-18H2,1-4H3. The molecule has 0 radical (unpaired) electrons. The van der Waals surface area contributed by atoms with Crippen molar-refractivity contribution in [3.63, 3.8) is 0 Å². The molecule has 1 saturated carbocycles. The molecule has 5 heteroatoms. The van der Waals surface area contributed by atoms with E-state index in [0.717, 1.165) is 65.5 Å². The van der Waals surface area contributed by atoms with Gasteiger partial charge in [-0.05, 0) is 99.6 Å². The number of hydrogen-bond acceptors (Lipinski definition) is 4. The number of hydrogen-bond donors (Lipinski definition) is 2. The van der Waals surface area contributed by atoms with Gasteiger partial charge >= 0.3 is 5.97 Å². The molecule has 2 atom stereocenters. The first-order chi connectivity index (χ1) is 18.9. The van der Waals surface area contributed by atoms with Gasteiger partial charge in [0, 0.05) is 46.4 Å². The number of allylic oxidation sites excluding steroid dienone is 3. The number of carbonyl (C=O) groups excluding carboxylic acids is 2. The molecule has 0 spiro atoms. The van der Waals surface area contributed by atoms with Crippen LogP contribution < -0.4 is 5.32 Å². The average molecular weight is 523 g/mol. The van der Waals surface area contributed by atoms with E-state index in [4.69, 9.17) is 4.74 Å². The lowest BCUT2D eigenvalue weighted by atomic mass is 9.70. The third-order valence-corrected chi connectivity index (χ3v) is 8.95. The Morgan fingerprint density at radius 2 is 1.77 bits per heavy atom. The molecule has 1 aromatic heterocycles. The van der Waals surface area contributed by atoms with E-state index in [1.807, 2.05) is 24.4 Å². The number of benzene rings is 2. The number of carbonyl (C=O) groups is 2. The first-order valence-electron chi connectivity index (χ1n) is 14.5. The molecule has 2 heterocycles. The van der Waals surface area contributed by atoms with Crippen molar-refractivity contribution >= 4 is 22.7 Å². The maximum Gasteiger partial charge on any atom is 0.337 e. The predicted molar refractivity (Wildman–Crippen MR) is 155 cm³/mol. The van der Waals surface area contributed by atoms with Crippen LogP contribution in [0.25, 0.3) is 10.9 Å². The molecule has 1 fully saturated rings. The Bertz CT molecular complexity index is 1510. The molecule has 2 N–H and O–H groups in total. The summed E-state index contributed by atoms with van der Waals surface area (Å²) in [6, 6.07) is 12.6. The second kappa shape index (κ2) is 10.2. The molecule has 2 aliphatic carbocycles. The lowest BCUT2D eigenvalue weighted by molar-refractivity contribution is -0.144.